The SMILES string of the molecule is CN1CCC=C(c2nsnc2SCCC2OCCO2)C1.O=C(O)C(=O)O. The van der Waals surface area contributed by atoms with Crippen molar-refractivity contribution >= 4 is 41.0 Å². The van der Waals surface area contributed by atoms with Crippen LogP contribution in [0.1, 0.15) is 18.5 Å². The maximum absolute atomic E-state index is 9.10. The number of hydrogen-bond acceptors (Lipinski definition) is 9. The molecule has 26 heavy (non-hydrogen) atoms. The average Bonchev–Trinajstić information content (AvgIpc) is 3.27. The summed E-state index contributed by atoms with van der Waals surface area (Å²) in [6.45, 7) is 3.53. The smallest absolute Gasteiger partial charge is 0.414 e. The Balaban J connectivity index is 0.000000352. The quantitative estimate of drug-likeness (QED) is 0.549. The number of likely N-dealkylation sites (N-methyl/N-ethyl adjacent to an activating group) is 1. The lowest BCUT2D eigenvalue weighted by Gasteiger charge is -2.22. The average molecular weight is 403 g/mol. The van der Waals surface area contributed by atoms with Gasteiger partial charge in [0.25, 0.3) is 0 Å². The van der Waals surface area contributed by atoms with Gasteiger partial charge in [-0.15, -0.1) is 11.8 Å². The minimum absolute atomic E-state index is 0.0300. The summed E-state index contributed by atoms with van der Waals surface area (Å²) in [5, 5.41) is 15.8. The molecule has 9 nitrogen and oxygen atoms in total. The molecule has 3 heterocycles. The third-order valence-electron chi connectivity index (χ3n) is 3.57. The molecule has 3 rings (SSSR count). The van der Waals surface area contributed by atoms with Crippen LogP contribution in [0.5, 0.6) is 0 Å². The number of nitrogens with zero attached hydrogens (tertiary/aromatic N) is 3. The molecule has 2 aliphatic rings. The topological polar surface area (TPSA) is 122 Å². The molecule has 0 aliphatic carbocycles. The van der Waals surface area contributed by atoms with Gasteiger partial charge in [-0.05, 0) is 19.0 Å². The van der Waals surface area contributed by atoms with Crippen LogP contribution in [-0.4, -0.2) is 81.2 Å². The number of carbonyl (C=O) groups is 2. The fourth-order valence-electron chi connectivity index (χ4n) is 2.36. The molecule has 1 aromatic heterocycles. The molecular weight excluding hydrogens is 382 g/mol. The lowest BCUT2D eigenvalue weighted by molar-refractivity contribution is -0.159. The summed E-state index contributed by atoms with van der Waals surface area (Å²) in [5.74, 6) is -2.70. The molecule has 0 radical (unpaired) electrons. The van der Waals surface area contributed by atoms with Crippen molar-refractivity contribution in [2.45, 2.75) is 24.2 Å². The number of carboxylic acid groups (broad SMARTS) is 2. The van der Waals surface area contributed by atoms with E-state index in [2.05, 4.69) is 26.8 Å². The Hall–Kier alpha value is -1.53. The Labute approximate surface area is 159 Å². The van der Waals surface area contributed by atoms with Crippen molar-refractivity contribution in [2.24, 2.45) is 0 Å². The predicted molar refractivity (Wildman–Crippen MR) is 96.3 cm³/mol. The van der Waals surface area contributed by atoms with Gasteiger partial charge in [0.15, 0.2) is 6.29 Å². The molecule has 2 aliphatic heterocycles. The first-order valence-electron chi connectivity index (χ1n) is 8.00. The lowest BCUT2D eigenvalue weighted by atomic mass is 10.1. The Kier molecular flexibility index (Phi) is 8.45. The molecule has 0 atom stereocenters. The highest BCUT2D eigenvalue weighted by Gasteiger charge is 2.19. The molecule has 2 N–H and O–H groups in total. The van der Waals surface area contributed by atoms with Crippen LogP contribution in [0, 0.1) is 0 Å². The zero-order chi connectivity index (χ0) is 18.9. The zero-order valence-corrected chi connectivity index (χ0v) is 15.9. The number of aromatic nitrogens is 2. The van der Waals surface area contributed by atoms with E-state index in [4.69, 9.17) is 29.3 Å². The first-order valence-corrected chi connectivity index (χ1v) is 9.71. The van der Waals surface area contributed by atoms with Gasteiger partial charge in [0.1, 0.15) is 10.7 Å². The van der Waals surface area contributed by atoms with Gasteiger partial charge in [-0.1, -0.05) is 6.08 Å². The van der Waals surface area contributed by atoms with E-state index in [0.717, 1.165) is 55.6 Å². The third-order valence-corrected chi connectivity index (χ3v) is 5.21. The molecule has 1 saturated heterocycles. The molecule has 0 bridgehead atoms. The maximum Gasteiger partial charge on any atom is 0.414 e. The zero-order valence-electron chi connectivity index (χ0n) is 14.3. The predicted octanol–water partition coefficient (Wildman–Crippen LogP) is 1.27. The van der Waals surface area contributed by atoms with Crippen LogP contribution in [0.2, 0.25) is 0 Å². The van der Waals surface area contributed by atoms with Crippen LogP contribution >= 0.6 is 23.5 Å². The minimum Gasteiger partial charge on any atom is -0.473 e. The fourth-order valence-corrected chi connectivity index (χ4v) is 4.03. The van der Waals surface area contributed by atoms with Crippen LogP contribution in [0.15, 0.2) is 11.1 Å². The molecule has 0 aromatic carbocycles. The first kappa shape index (κ1) is 20.8. The second kappa shape index (κ2) is 10.6. The van der Waals surface area contributed by atoms with E-state index in [-0.39, 0.29) is 6.29 Å². The number of aliphatic carboxylic acids is 2. The van der Waals surface area contributed by atoms with Crippen LogP contribution in [0.3, 0.4) is 0 Å². The van der Waals surface area contributed by atoms with Crippen LogP contribution in [-0.2, 0) is 19.1 Å². The van der Waals surface area contributed by atoms with Crippen LogP contribution in [0.4, 0.5) is 0 Å². The van der Waals surface area contributed by atoms with Gasteiger partial charge in [0.05, 0.1) is 24.9 Å². The first-order chi connectivity index (χ1) is 12.5. The van der Waals surface area contributed by atoms with Crippen LogP contribution < -0.4 is 0 Å². The van der Waals surface area contributed by atoms with Gasteiger partial charge < -0.3 is 24.6 Å². The summed E-state index contributed by atoms with van der Waals surface area (Å²) in [4.78, 5) is 20.5. The molecule has 1 fully saturated rings. The van der Waals surface area contributed by atoms with E-state index in [1.54, 1.807) is 11.8 Å². The van der Waals surface area contributed by atoms with E-state index in [0.29, 0.717) is 0 Å². The molecular formula is C15H21N3O6S2. The van der Waals surface area contributed by atoms with Crippen molar-refractivity contribution in [2.75, 3.05) is 39.1 Å². The van der Waals surface area contributed by atoms with E-state index >= 15 is 0 Å². The highest BCUT2D eigenvalue weighted by Crippen LogP contribution is 2.29. The molecule has 11 heteroatoms. The van der Waals surface area contributed by atoms with Crippen molar-refractivity contribution < 1.29 is 29.3 Å². The number of ether oxygens (including phenoxy) is 2. The van der Waals surface area contributed by atoms with Gasteiger partial charge >= 0.3 is 11.9 Å². The maximum atomic E-state index is 9.10. The summed E-state index contributed by atoms with van der Waals surface area (Å²) >= 11 is 3.05. The van der Waals surface area contributed by atoms with Crippen LogP contribution in [0.25, 0.3) is 5.57 Å². The Morgan fingerprint density at radius 3 is 2.62 bits per heavy atom. The van der Waals surface area contributed by atoms with Crippen molar-refractivity contribution in [1.29, 1.82) is 0 Å². The second-order valence-corrected chi connectivity index (χ2v) is 7.20. The molecule has 144 valence electrons. The number of carboxylic acids is 2. The lowest BCUT2D eigenvalue weighted by Crippen LogP contribution is -2.25. The van der Waals surface area contributed by atoms with Gasteiger partial charge in [-0.25, -0.2) is 9.59 Å². The summed E-state index contributed by atoms with van der Waals surface area (Å²) in [7, 11) is 2.15. The molecule has 1 aromatic rings. The normalized spacial score (nSPS) is 18.1. The van der Waals surface area contributed by atoms with Crippen molar-refractivity contribution in [3.63, 3.8) is 0 Å². The summed E-state index contributed by atoms with van der Waals surface area (Å²) in [6.07, 6.45) is 4.26. The largest absolute Gasteiger partial charge is 0.473 e. The second-order valence-electron chi connectivity index (χ2n) is 5.59. The van der Waals surface area contributed by atoms with Gasteiger partial charge in [-0.2, -0.15) is 8.75 Å². The van der Waals surface area contributed by atoms with Gasteiger partial charge in [0, 0.05) is 25.3 Å². The summed E-state index contributed by atoms with van der Waals surface area (Å²) < 4.78 is 19.8. The number of hydrogen-bond donors (Lipinski definition) is 2. The fraction of sp³-hybridized carbons (Fsp3) is 0.600. The van der Waals surface area contributed by atoms with Crippen molar-refractivity contribution in [3.8, 4) is 0 Å². The Morgan fingerprint density at radius 2 is 2.00 bits per heavy atom. The summed E-state index contributed by atoms with van der Waals surface area (Å²) in [6, 6.07) is 0. The number of rotatable bonds is 5. The molecule has 0 amide bonds. The highest BCUT2D eigenvalue weighted by molar-refractivity contribution is 7.99. The molecule has 0 saturated carbocycles. The highest BCUT2D eigenvalue weighted by atomic mass is 32.2. The Morgan fingerprint density at radius 1 is 1.31 bits per heavy atom. The van der Waals surface area contributed by atoms with Crippen molar-refractivity contribution in [1.82, 2.24) is 13.6 Å². The standard InChI is InChI=1S/C13H19N3O2S2.C2H2O4/c1-16-5-2-3-10(9-16)12-13(15-20-14-12)19-8-4-11-17-6-7-18-11;3-1(4)2(5)6/h3,11H,2,4-9H2,1H3;(H,3,4)(H,5,6). The number of thioether (sulfide) groups is 1. The van der Waals surface area contributed by atoms with E-state index in [1.807, 2.05) is 0 Å². The Bertz CT molecular complexity index is 633. The molecule has 0 spiro atoms. The van der Waals surface area contributed by atoms with E-state index in [1.165, 1.54) is 17.3 Å². The monoisotopic (exact) mass is 403 g/mol. The third kappa shape index (κ3) is 6.65. The van der Waals surface area contributed by atoms with E-state index < -0.39 is 11.9 Å². The molecule has 0 unspecified atom stereocenters. The summed E-state index contributed by atoms with van der Waals surface area (Å²) in [5.41, 5.74) is 2.38. The van der Waals surface area contributed by atoms with Gasteiger partial charge in [-0.3, -0.25) is 0 Å². The minimum atomic E-state index is -1.82. The van der Waals surface area contributed by atoms with E-state index in [9.17, 15) is 0 Å². The van der Waals surface area contributed by atoms with Gasteiger partial charge in [0.2, 0.25) is 0 Å². The van der Waals surface area contributed by atoms with Crippen molar-refractivity contribution in [3.05, 3.63) is 11.8 Å².